The van der Waals surface area contributed by atoms with Gasteiger partial charge < -0.3 is 4.74 Å². The molecule has 0 saturated heterocycles. The lowest BCUT2D eigenvalue weighted by atomic mass is 10.0. The second-order valence-corrected chi connectivity index (χ2v) is 11.7. The van der Waals surface area contributed by atoms with E-state index in [-0.39, 0.29) is 5.97 Å². The third kappa shape index (κ3) is 27.5. The quantitative estimate of drug-likeness (QED) is 0.0669. The molecule has 0 rings (SSSR count). The fourth-order valence-electron chi connectivity index (χ4n) is 4.62. The van der Waals surface area contributed by atoms with E-state index < -0.39 is 0 Å². The first-order valence-corrected chi connectivity index (χ1v) is 16.1. The summed E-state index contributed by atoms with van der Waals surface area (Å²) < 4.78 is 5.42. The Bertz CT molecular complexity index is 688. The molecule has 0 fully saturated rings. The second-order valence-electron chi connectivity index (χ2n) is 11.7. The molecule has 0 heterocycles. The van der Waals surface area contributed by atoms with E-state index >= 15 is 0 Å². The molecule has 0 N–H and O–H groups in total. The van der Waals surface area contributed by atoms with E-state index in [2.05, 4.69) is 65.8 Å². The third-order valence-electron chi connectivity index (χ3n) is 7.31. The highest BCUT2D eigenvalue weighted by atomic mass is 16.5. The van der Waals surface area contributed by atoms with Gasteiger partial charge in [-0.1, -0.05) is 124 Å². The SMILES string of the molecule is CCCCCCCCCCCCCCCC(=O)OC/C=C(/C)CC/C=C(\C)CC/C=C(\C)CCC=C(C)C. The van der Waals surface area contributed by atoms with Crippen LogP contribution >= 0.6 is 0 Å². The van der Waals surface area contributed by atoms with Crippen molar-refractivity contribution >= 4 is 5.97 Å². The Hall–Kier alpha value is -1.57. The van der Waals surface area contributed by atoms with Crippen LogP contribution in [0, 0.1) is 0 Å². The Morgan fingerprint density at radius 3 is 1.34 bits per heavy atom. The molecule has 2 nitrogen and oxygen atoms in total. The van der Waals surface area contributed by atoms with Crippen LogP contribution in [0.2, 0.25) is 0 Å². The van der Waals surface area contributed by atoms with Crippen LogP contribution in [-0.4, -0.2) is 12.6 Å². The lowest BCUT2D eigenvalue weighted by Crippen LogP contribution is -2.04. The zero-order chi connectivity index (χ0) is 28.3. The van der Waals surface area contributed by atoms with Gasteiger partial charge in [0.1, 0.15) is 6.61 Å². The summed E-state index contributed by atoms with van der Waals surface area (Å²) in [7, 11) is 0. The molecule has 0 bridgehead atoms. The van der Waals surface area contributed by atoms with E-state index in [1.165, 1.54) is 99.3 Å². The molecule has 0 aromatic rings. The zero-order valence-electron chi connectivity index (χ0n) is 26.5. The van der Waals surface area contributed by atoms with Gasteiger partial charge in [0.2, 0.25) is 0 Å². The van der Waals surface area contributed by atoms with Crippen molar-refractivity contribution in [3.05, 3.63) is 46.6 Å². The molecule has 0 aliphatic rings. The Balaban J connectivity index is 3.71. The molecule has 220 valence electrons. The smallest absolute Gasteiger partial charge is 0.306 e. The molecule has 0 radical (unpaired) electrons. The van der Waals surface area contributed by atoms with Crippen molar-refractivity contribution in [2.45, 2.75) is 170 Å². The zero-order valence-corrected chi connectivity index (χ0v) is 26.5. The highest BCUT2D eigenvalue weighted by Crippen LogP contribution is 2.15. The monoisotopic (exact) mass is 528 g/mol. The molecular formula is C36H64O2. The number of rotatable bonds is 25. The van der Waals surface area contributed by atoms with Crippen LogP contribution in [0.3, 0.4) is 0 Å². The number of hydrogen-bond donors (Lipinski definition) is 0. The fraction of sp³-hybridized carbons (Fsp3) is 0.750. The van der Waals surface area contributed by atoms with Gasteiger partial charge >= 0.3 is 5.97 Å². The highest BCUT2D eigenvalue weighted by molar-refractivity contribution is 5.69. The van der Waals surface area contributed by atoms with Crippen LogP contribution in [0.15, 0.2) is 46.6 Å². The van der Waals surface area contributed by atoms with Crippen LogP contribution in [0.5, 0.6) is 0 Å². The van der Waals surface area contributed by atoms with Crippen molar-refractivity contribution in [3.63, 3.8) is 0 Å². The number of unbranched alkanes of at least 4 members (excludes halogenated alkanes) is 12. The van der Waals surface area contributed by atoms with E-state index in [0.29, 0.717) is 13.0 Å². The maximum Gasteiger partial charge on any atom is 0.306 e. The van der Waals surface area contributed by atoms with Gasteiger partial charge in [0.15, 0.2) is 0 Å². The Morgan fingerprint density at radius 2 is 0.895 bits per heavy atom. The topological polar surface area (TPSA) is 26.3 Å². The van der Waals surface area contributed by atoms with Crippen molar-refractivity contribution in [2.24, 2.45) is 0 Å². The highest BCUT2D eigenvalue weighted by Gasteiger charge is 2.02. The summed E-state index contributed by atoms with van der Waals surface area (Å²) in [5.74, 6) is -0.0444. The van der Waals surface area contributed by atoms with E-state index in [1.807, 2.05) is 0 Å². The van der Waals surface area contributed by atoms with Gasteiger partial charge in [-0.05, 0) is 85.6 Å². The maximum atomic E-state index is 12.0. The number of esters is 1. The van der Waals surface area contributed by atoms with Gasteiger partial charge in [0, 0.05) is 6.42 Å². The van der Waals surface area contributed by atoms with Crippen LogP contribution in [0.25, 0.3) is 0 Å². The molecule has 38 heavy (non-hydrogen) atoms. The van der Waals surface area contributed by atoms with Crippen molar-refractivity contribution < 1.29 is 9.53 Å². The predicted octanol–water partition coefficient (Wildman–Crippen LogP) is 12.2. The van der Waals surface area contributed by atoms with Gasteiger partial charge in [-0.3, -0.25) is 4.79 Å². The number of ether oxygens (including phenoxy) is 1. The fourth-order valence-corrected chi connectivity index (χ4v) is 4.62. The van der Waals surface area contributed by atoms with Gasteiger partial charge in [-0.2, -0.15) is 0 Å². The van der Waals surface area contributed by atoms with Crippen molar-refractivity contribution in [3.8, 4) is 0 Å². The summed E-state index contributed by atoms with van der Waals surface area (Å²) in [4.78, 5) is 12.0. The standard InChI is InChI=1S/C36H64O2/c1-7-8-9-10-11-12-13-14-15-16-17-18-19-29-36(37)38-31-30-35(6)28-22-27-34(5)26-21-25-33(4)24-20-23-32(2)3/h23,25,27,30H,7-22,24,26,28-29,31H2,1-6H3/b33-25+,34-27+,35-30-. The van der Waals surface area contributed by atoms with Crippen LogP contribution in [0.4, 0.5) is 0 Å². The van der Waals surface area contributed by atoms with Crippen LogP contribution in [0.1, 0.15) is 170 Å². The number of carbonyl (C=O) groups is 1. The summed E-state index contributed by atoms with van der Waals surface area (Å²) in [6, 6.07) is 0. The number of allylic oxidation sites excluding steroid dienone is 7. The lowest BCUT2D eigenvalue weighted by Gasteiger charge is -2.05. The van der Waals surface area contributed by atoms with E-state index in [0.717, 1.165) is 44.9 Å². The van der Waals surface area contributed by atoms with E-state index in [4.69, 9.17) is 4.74 Å². The van der Waals surface area contributed by atoms with Gasteiger partial charge in [-0.15, -0.1) is 0 Å². The minimum absolute atomic E-state index is 0.0444. The summed E-state index contributed by atoms with van der Waals surface area (Å²) >= 11 is 0. The molecule has 0 saturated carbocycles. The van der Waals surface area contributed by atoms with Gasteiger partial charge in [-0.25, -0.2) is 0 Å². The van der Waals surface area contributed by atoms with E-state index in [1.54, 1.807) is 0 Å². The predicted molar refractivity (Wildman–Crippen MR) is 170 cm³/mol. The number of carbonyl (C=O) groups excluding carboxylic acids is 1. The third-order valence-corrected chi connectivity index (χ3v) is 7.31. The Labute approximate surface area is 238 Å². The first-order valence-electron chi connectivity index (χ1n) is 16.1. The molecule has 0 unspecified atom stereocenters. The molecule has 2 heteroatoms. The molecule has 0 amide bonds. The molecule has 0 atom stereocenters. The molecular weight excluding hydrogens is 464 g/mol. The van der Waals surface area contributed by atoms with Crippen molar-refractivity contribution in [1.82, 2.24) is 0 Å². The summed E-state index contributed by atoms with van der Waals surface area (Å²) in [5, 5.41) is 0. The van der Waals surface area contributed by atoms with Crippen LogP contribution in [-0.2, 0) is 9.53 Å². The number of hydrogen-bond acceptors (Lipinski definition) is 2. The average Bonchev–Trinajstić information content (AvgIpc) is 2.86. The van der Waals surface area contributed by atoms with Crippen molar-refractivity contribution in [2.75, 3.05) is 6.61 Å². The van der Waals surface area contributed by atoms with Gasteiger partial charge in [0.05, 0.1) is 0 Å². The van der Waals surface area contributed by atoms with Crippen molar-refractivity contribution in [1.29, 1.82) is 0 Å². The molecule has 0 aliphatic heterocycles. The molecule has 0 spiro atoms. The maximum absolute atomic E-state index is 12.0. The van der Waals surface area contributed by atoms with E-state index in [9.17, 15) is 4.79 Å². The summed E-state index contributed by atoms with van der Waals surface area (Å²) in [6.07, 6.45) is 33.6. The largest absolute Gasteiger partial charge is 0.461 e. The molecule has 0 aromatic carbocycles. The summed E-state index contributed by atoms with van der Waals surface area (Å²) in [5.41, 5.74) is 5.68. The van der Waals surface area contributed by atoms with Crippen LogP contribution < -0.4 is 0 Å². The summed E-state index contributed by atoms with van der Waals surface area (Å²) in [6.45, 7) is 13.7. The molecule has 0 aromatic heterocycles. The first kappa shape index (κ1) is 36.4. The van der Waals surface area contributed by atoms with Gasteiger partial charge in [0.25, 0.3) is 0 Å². The average molecular weight is 529 g/mol. The normalized spacial score (nSPS) is 12.6. The first-order chi connectivity index (χ1) is 18.3. The minimum atomic E-state index is -0.0444. The molecule has 0 aliphatic carbocycles. The Kier molecular flexibility index (Phi) is 25.9. The Morgan fingerprint density at radius 1 is 0.500 bits per heavy atom. The second kappa shape index (κ2) is 27.0. The lowest BCUT2D eigenvalue weighted by molar-refractivity contribution is -0.142. The minimum Gasteiger partial charge on any atom is -0.461 e.